The maximum atomic E-state index is 10.4. The maximum Gasteiger partial charge on any atom is 0.126 e. The minimum absolute atomic E-state index is 0.287. The molecule has 2 rings (SSSR count). The third-order valence-electron chi connectivity index (χ3n) is 3.83. The van der Waals surface area contributed by atoms with Gasteiger partial charge in [-0.15, -0.1) is 0 Å². The minimum atomic E-state index is -0.623. The van der Waals surface area contributed by atoms with Gasteiger partial charge in [0, 0.05) is 0 Å². The lowest BCUT2D eigenvalue weighted by Crippen LogP contribution is -2.21. The summed E-state index contributed by atoms with van der Waals surface area (Å²) in [6.45, 7) is 6.14. The third-order valence-corrected chi connectivity index (χ3v) is 3.83. The van der Waals surface area contributed by atoms with Gasteiger partial charge < -0.3 is 9.84 Å². The van der Waals surface area contributed by atoms with Gasteiger partial charge in [0.05, 0.1) is 0 Å². The molecule has 2 atom stereocenters. The summed E-state index contributed by atoms with van der Waals surface area (Å²) in [5, 5.41) is 10.4. The number of hydrogen-bond acceptors (Lipinski definition) is 2. The van der Waals surface area contributed by atoms with Gasteiger partial charge in [0.15, 0.2) is 0 Å². The summed E-state index contributed by atoms with van der Waals surface area (Å²) in [6, 6.07) is 16.1. The summed E-state index contributed by atoms with van der Waals surface area (Å²) >= 11 is 0. The van der Waals surface area contributed by atoms with E-state index in [1.54, 1.807) is 0 Å². The van der Waals surface area contributed by atoms with Crippen LogP contribution in [0.25, 0.3) is 0 Å². The van der Waals surface area contributed by atoms with Crippen molar-refractivity contribution in [3.05, 3.63) is 65.2 Å². The number of aryl methyl sites for hydroxylation is 2. The molecule has 0 radical (unpaired) electrons. The molecule has 0 bridgehead atoms. The fraction of sp³-hybridized carbons (Fsp3) is 0.368. The average molecular weight is 284 g/mol. The van der Waals surface area contributed by atoms with Crippen LogP contribution in [0.2, 0.25) is 0 Å². The Morgan fingerprint density at radius 3 is 1.81 bits per heavy atom. The SMILES string of the molecule is CCc1ccc(OC(C)C(O)c2ccc(CC)cc2)cc1. The van der Waals surface area contributed by atoms with Crippen molar-refractivity contribution in [2.75, 3.05) is 0 Å². The van der Waals surface area contributed by atoms with Crippen molar-refractivity contribution in [1.82, 2.24) is 0 Å². The molecule has 21 heavy (non-hydrogen) atoms. The first-order valence-corrected chi connectivity index (χ1v) is 7.66. The standard InChI is InChI=1S/C19H24O2/c1-4-15-6-10-17(11-7-15)19(20)14(3)21-18-12-8-16(5-2)9-13-18/h6-14,19-20H,4-5H2,1-3H3. The molecule has 0 heterocycles. The van der Waals surface area contributed by atoms with Crippen molar-refractivity contribution in [3.8, 4) is 5.75 Å². The highest BCUT2D eigenvalue weighted by molar-refractivity contribution is 5.28. The topological polar surface area (TPSA) is 29.5 Å². The van der Waals surface area contributed by atoms with E-state index in [2.05, 4.69) is 38.1 Å². The van der Waals surface area contributed by atoms with Crippen LogP contribution in [0.3, 0.4) is 0 Å². The van der Waals surface area contributed by atoms with Crippen molar-refractivity contribution < 1.29 is 9.84 Å². The fourth-order valence-corrected chi connectivity index (χ4v) is 2.30. The molecular weight excluding hydrogens is 260 g/mol. The summed E-state index contributed by atoms with van der Waals surface area (Å²) in [5.41, 5.74) is 3.45. The van der Waals surface area contributed by atoms with Crippen LogP contribution in [0, 0.1) is 0 Å². The molecule has 1 N–H and O–H groups in total. The zero-order valence-electron chi connectivity index (χ0n) is 13.0. The first kappa shape index (κ1) is 15.6. The highest BCUT2D eigenvalue weighted by atomic mass is 16.5. The molecule has 2 unspecified atom stereocenters. The van der Waals surface area contributed by atoms with Gasteiger partial charge in [-0.3, -0.25) is 0 Å². The normalized spacial score (nSPS) is 13.7. The lowest BCUT2D eigenvalue weighted by atomic mass is 10.0. The van der Waals surface area contributed by atoms with Crippen LogP contribution in [-0.2, 0) is 12.8 Å². The molecule has 2 aromatic rings. The lowest BCUT2D eigenvalue weighted by Gasteiger charge is -2.21. The summed E-state index contributed by atoms with van der Waals surface area (Å²) in [7, 11) is 0. The van der Waals surface area contributed by atoms with Crippen molar-refractivity contribution in [2.45, 2.75) is 45.8 Å². The van der Waals surface area contributed by atoms with E-state index >= 15 is 0 Å². The van der Waals surface area contributed by atoms with Gasteiger partial charge in [-0.25, -0.2) is 0 Å². The Morgan fingerprint density at radius 1 is 0.857 bits per heavy atom. The predicted molar refractivity (Wildman–Crippen MR) is 86.7 cm³/mol. The predicted octanol–water partition coefficient (Wildman–Crippen LogP) is 4.31. The molecule has 0 fully saturated rings. The molecule has 2 heteroatoms. The van der Waals surface area contributed by atoms with E-state index in [1.807, 2.05) is 31.2 Å². The highest BCUT2D eigenvalue weighted by Crippen LogP contribution is 2.22. The number of aliphatic hydroxyl groups excluding tert-OH is 1. The number of rotatable bonds is 6. The van der Waals surface area contributed by atoms with Gasteiger partial charge in [-0.05, 0) is 48.6 Å². The van der Waals surface area contributed by atoms with Crippen LogP contribution in [0.15, 0.2) is 48.5 Å². The van der Waals surface area contributed by atoms with Crippen LogP contribution in [0.4, 0.5) is 0 Å². The van der Waals surface area contributed by atoms with Gasteiger partial charge in [0.2, 0.25) is 0 Å². The molecule has 0 saturated carbocycles. The second-order valence-electron chi connectivity index (χ2n) is 5.36. The highest BCUT2D eigenvalue weighted by Gasteiger charge is 2.18. The van der Waals surface area contributed by atoms with E-state index in [1.165, 1.54) is 11.1 Å². The Balaban J connectivity index is 2.01. The zero-order valence-corrected chi connectivity index (χ0v) is 13.0. The maximum absolute atomic E-state index is 10.4. The third kappa shape index (κ3) is 4.08. The van der Waals surface area contributed by atoms with Gasteiger partial charge in [-0.1, -0.05) is 50.2 Å². The number of ether oxygens (including phenoxy) is 1. The number of benzene rings is 2. The largest absolute Gasteiger partial charge is 0.488 e. The molecule has 2 nitrogen and oxygen atoms in total. The van der Waals surface area contributed by atoms with Crippen LogP contribution in [-0.4, -0.2) is 11.2 Å². The van der Waals surface area contributed by atoms with Crippen molar-refractivity contribution in [2.24, 2.45) is 0 Å². The Labute approximate surface area is 127 Å². The number of hydrogen-bond donors (Lipinski definition) is 1. The van der Waals surface area contributed by atoms with Crippen LogP contribution >= 0.6 is 0 Å². The van der Waals surface area contributed by atoms with Gasteiger partial charge in [0.25, 0.3) is 0 Å². The summed E-state index contributed by atoms with van der Waals surface area (Å²) in [4.78, 5) is 0. The summed E-state index contributed by atoms with van der Waals surface area (Å²) < 4.78 is 5.84. The molecule has 0 aliphatic heterocycles. The molecule has 112 valence electrons. The molecule has 2 aromatic carbocycles. The quantitative estimate of drug-likeness (QED) is 0.856. The minimum Gasteiger partial charge on any atom is -0.488 e. The Bertz CT molecular complexity index is 543. The van der Waals surface area contributed by atoms with Crippen molar-refractivity contribution >= 4 is 0 Å². The smallest absolute Gasteiger partial charge is 0.126 e. The monoisotopic (exact) mass is 284 g/mol. The van der Waals surface area contributed by atoms with Gasteiger partial charge in [-0.2, -0.15) is 0 Å². The second-order valence-corrected chi connectivity index (χ2v) is 5.36. The van der Waals surface area contributed by atoms with E-state index in [9.17, 15) is 5.11 Å². The summed E-state index contributed by atoms with van der Waals surface area (Å²) in [6.07, 6.45) is 1.11. The lowest BCUT2D eigenvalue weighted by molar-refractivity contribution is 0.0467. The van der Waals surface area contributed by atoms with Crippen LogP contribution in [0.5, 0.6) is 5.75 Å². The molecule has 0 aliphatic carbocycles. The molecule has 0 amide bonds. The first-order chi connectivity index (χ1) is 10.1. The van der Waals surface area contributed by atoms with E-state index in [0.717, 1.165) is 24.2 Å². The van der Waals surface area contributed by atoms with Crippen molar-refractivity contribution in [1.29, 1.82) is 0 Å². The average Bonchev–Trinajstić information content (AvgIpc) is 2.55. The summed E-state index contributed by atoms with van der Waals surface area (Å²) in [5.74, 6) is 0.795. The Kier molecular flexibility index (Phi) is 5.40. The first-order valence-electron chi connectivity index (χ1n) is 7.66. The van der Waals surface area contributed by atoms with E-state index in [-0.39, 0.29) is 6.10 Å². The van der Waals surface area contributed by atoms with Crippen molar-refractivity contribution in [3.63, 3.8) is 0 Å². The molecule has 0 aliphatic rings. The molecule has 0 aromatic heterocycles. The van der Waals surface area contributed by atoms with Crippen LogP contribution < -0.4 is 4.74 Å². The fourth-order valence-electron chi connectivity index (χ4n) is 2.30. The van der Waals surface area contributed by atoms with E-state index in [4.69, 9.17) is 4.74 Å². The van der Waals surface area contributed by atoms with Gasteiger partial charge >= 0.3 is 0 Å². The Morgan fingerprint density at radius 2 is 1.33 bits per heavy atom. The van der Waals surface area contributed by atoms with E-state index < -0.39 is 6.10 Å². The molecule has 0 spiro atoms. The van der Waals surface area contributed by atoms with Gasteiger partial charge in [0.1, 0.15) is 18.0 Å². The zero-order chi connectivity index (χ0) is 15.2. The molecular formula is C19H24O2. The molecule has 0 saturated heterocycles. The second kappa shape index (κ2) is 7.28. The number of aliphatic hydroxyl groups is 1. The van der Waals surface area contributed by atoms with Crippen LogP contribution in [0.1, 0.15) is 43.6 Å². The van der Waals surface area contributed by atoms with E-state index in [0.29, 0.717) is 0 Å². The Hall–Kier alpha value is -1.80.